The highest BCUT2D eigenvalue weighted by Crippen LogP contribution is 2.32. The van der Waals surface area contributed by atoms with Crippen LogP contribution in [-0.2, 0) is 11.2 Å². The molecule has 1 heterocycles. The Labute approximate surface area is 150 Å². The van der Waals surface area contributed by atoms with Gasteiger partial charge in [-0.3, -0.25) is 9.59 Å². The van der Waals surface area contributed by atoms with Crippen LogP contribution in [0.5, 0.6) is 11.5 Å². The summed E-state index contributed by atoms with van der Waals surface area (Å²) in [5, 5.41) is 0.643. The van der Waals surface area contributed by atoms with Gasteiger partial charge >= 0.3 is 0 Å². The molecule has 3 aromatic rings. The number of ketones is 1. The number of carbonyl (C=O) groups excluding carboxylic acids is 2. The summed E-state index contributed by atoms with van der Waals surface area (Å²) in [6.07, 6.45) is 0.351. The number of aryl methyl sites for hydroxylation is 1. The quantitative estimate of drug-likeness (QED) is 0.659. The number of fused-ring (bicyclic) bond motifs is 1. The first-order valence-corrected chi connectivity index (χ1v) is 8.10. The summed E-state index contributed by atoms with van der Waals surface area (Å²) in [5.74, 6) is 1.07. The van der Waals surface area contributed by atoms with E-state index >= 15 is 0 Å². The summed E-state index contributed by atoms with van der Waals surface area (Å²) >= 11 is 0. The zero-order chi connectivity index (χ0) is 18.7. The van der Waals surface area contributed by atoms with Crippen molar-refractivity contribution in [1.29, 1.82) is 0 Å². The van der Waals surface area contributed by atoms with E-state index in [1.54, 1.807) is 56.7 Å². The van der Waals surface area contributed by atoms with E-state index in [2.05, 4.69) is 0 Å². The highest BCUT2D eigenvalue weighted by atomic mass is 16.5. The molecule has 0 aliphatic heterocycles. The first-order valence-electron chi connectivity index (χ1n) is 8.10. The monoisotopic (exact) mass is 353 g/mol. The Morgan fingerprint density at radius 3 is 2.27 bits per heavy atom. The Morgan fingerprint density at radius 1 is 1.00 bits per heavy atom. The molecule has 0 aliphatic rings. The van der Waals surface area contributed by atoms with Gasteiger partial charge in [0.1, 0.15) is 22.8 Å². The molecule has 0 unspecified atom stereocenters. The maximum absolute atomic E-state index is 13.1. The highest BCUT2D eigenvalue weighted by molar-refractivity contribution is 6.17. The molecule has 3 rings (SSSR count). The predicted molar refractivity (Wildman–Crippen MR) is 96.7 cm³/mol. The third-order valence-corrected chi connectivity index (χ3v) is 4.15. The molecule has 0 bridgehead atoms. The van der Waals surface area contributed by atoms with Gasteiger partial charge in [-0.1, -0.05) is 0 Å². The number of ether oxygens (including phenoxy) is 2. The van der Waals surface area contributed by atoms with Gasteiger partial charge in [0.05, 0.1) is 19.8 Å². The molecule has 26 heavy (non-hydrogen) atoms. The van der Waals surface area contributed by atoms with Crippen LogP contribution in [0.4, 0.5) is 0 Å². The van der Waals surface area contributed by atoms with E-state index in [-0.39, 0.29) is 18.6 Å². The third kappa shape index (κ3) is 3.39. The van der Waals surface area contributed by atoms with Crippen molar-refractivity contribution in [3.63, 3.8) is 0 Å². The minimum absolute atomic E-state index is 0.0971. The summed E-state index contributed by atoms with van der Waals surface area (Å²) in [6.45, 7) is 0. The second-order valence-corrected chi connectivity index (χ2v) is 5.79. The molecule has 0 saturated heterocycles. The van der Waals surface area contributed by atoms with Crippen LogP contribution in [0.3, 0.4) is 0 Å². The summed E-state index contributed by atoms with van der Waals surface area (Å²) in [4.78, 5) is 24.3. The van der Waals surface area contributed by atoms with Crippen molar-refractivity contribution in [1.82, 2.24) is 0 Å². The van der Waals surface area contributed by atoms with Gasteiger partial charge in [-0.05, 0) is 42.5 Å². The molecule has 2 aromatic carbocycles. The number of benzene rings is 2. The molecule has 134 valence electrons. The summed E-state index contributed by atoms with van der Waals surface area (Å²) in [5.41, 5.74) is 6.73. The lowest BCUT2D eigenvalue weighted by Crippen LogP contribution is -2.12. The van der Waals surface area contributed by atoms with Crippen molar-refractivity contribution in [3.05, 3.63) is 59.4 Å². The van der Waals surface area contributed by atoms with Gasteiger partial charge in [-0.15, -0.1) is 0 Å². The molecule has 1 aromatic heterocycles. The van der Waals surface area contributed by atoms with E-state index in [4.69, 9.17) is 19.6 Å². The number of hydrogen-bond acceptors (Lipinski definition) is 5. The largest absolute Gasteiger partial charge is 0.497 e. The minimum Gasteiger partial charge on any atom is -0.497 e. The van der Waals surface area contributed by atoms with Crippen molar-refractivity contribution in [2.24, 2.45) is 5.73 Å². The van der Waals surface area contributed by atoms with E-state index in [1.165, 1.54) is 0 Å². The number of nitrogens with two attached hydrogens (primary N) is 1. The number of hydrogen-bond donors (Lipinski definition) is 1. The van der Waals surface area contributed by atoms with Crippen LogP contribution in [0.1, 0.15) is 28.1 Å². The molecular weight excluding hydrogens is 334 g/mol. The molecule has 0 radical (unpaired) electrons. The Bertz CT molecular complexity index is 956. The van der Waals surface area contributed by atoms with Gasteiger partial charge in [-0.2, -0.15) is 0 Å². The Hall–Kier alpha value is -3.28. The number of amides is 1. The van der Waals surface area contributed by atoms with Crippen molar-refractivity contribution >= 4 is 22.7 Å². The Balaban J connectivity index is 2.11. The van der Waals surface area contributed by atoms with Gasteiger partial charge in [0.2, 0.25) is 5.91 Å². The molecule has 0 fully saturated rings. The van der Waals surface area contributed by atoms with Crippen LogP contribution in [0.2, 0.25) is 0 Å². The van der Waals surface area contributed by atoms with Crippen LogP contribution in [-0.4, -0.2) is 25.9 Å². The van der Waals surface area contributed by atoms with Crippen LogP contribution in [0, 0.1) is 0 Å². The van der Waals surface area contributed by atoms with Crippen LogP contribution >= 0.6 is 0 Å². The predicted octanol–water partition coefficient (Wildman–Crippen LogP) is 3.10. The van der Waals surface area contributed by atoms with E-state index in [9.17, 15) is 9.59 Å². The smallest absolute Gasteiger partial charge is 0.217 e. The number of primary amides is 1. The number of rotatable bonds is 7. The van der Waals surface area contributed by atoms with Crippen LogP contribution in [0.25, 0.3) is 11.0 Å². The zero-order valence-corrected chi connectivity index (χ0v) is 14.6. The van der Waals surface area contributed by atoms with Gasteiger partial charge in [0, 0.05) is 23.8 Å². The third-order valence-electron chi connectivity index (χ3n) is 4.15. The molecule has 0 spiro atoms. The van der Waals surface area contributed by atoms with Crippen molar-refractivity contribution in [2.45, 2.75) is 12.8 Å². The van der Waals surface area contributed by atoms with E-state index < -0.39 is 5.91 Å². The maximum atomic E-state index is 13.1. The summed E-state index contributed by atoms with van der Waals surface area (Å²) < 4.78 is 16.2. The molecule has 6 nitrogen and oxygen atoms in total. The van der Waals surface area contributed by atoms with Crippen molar-refractivity contribution in [3.8, 4) is 11.5 Å². The fourth-order valence-electron chi connectivity index (χ4n) is 2.80. The van der Waals surface area contributed by atoms with Gasteiger partial charge < -0.3 is 19.6 Å². The lowest BCUT2D eigenvalue weighted by Gasteiger charge is -2.05. The SMILES string of the molecule is COc1ccc(C(=O)c2c(CCC(N)=O)oc3ccc(OC)cc23)cc1. The van der Waals surface area contributed by atoms with E-state index in [0.29, 0.717) is 39.4 Å². The van der Waals surface area contributed by atoms with Gasteiger partial charge in [-0.25, -0.2) is 0 Å². The number of furan rings is 1. The Morgan fingerprint density at radius 2 is 1.65 bits per heavy atom. The lowest BCUT2D eigenvalue weighted by atomic mass is 9.98. The lowest BCUT2D eigenvalue weighted by molar-refractivity contribution is -0.118. The topological polar surface area (TPSA) is 91.8 Å². The van der Waals surface area contributed by atoms with E-state index in [0.717, 1.165) is 0 Å². The van der Waals surface area contributed by atoms with Crippen molar-refractivity contribution in [2.75, 3.05) is 14.2 Å². The van der Waals surface area contributed by atoms with E-state index in [1.807, 2.05) is 0 Å². The average Bonchev–Trinajstić information content (AvgIpc) is 3.03. The Kier molecular flexibility index (Phi) is 4.93. The normalized spacial score (nSPS) is 10.7. The first kappa shape index (κ1) is 17.5. The first-order chi connectivity index (χ1) is 12.5. The molecule has 2 N–H and O–H groups in total. The fourth-order valence-corrected chi connectivity index (χ4v) is 2.80. The number of methoxy groups -OCH3 is 2. The molecule has 0 atom stereocenters. The van der Waals surface area contributed by atoms with Crippen molar-refractivity contribution < 1.29 is 23.5 Å². The summed E-state index contributed by atoms with van der Waals surface area (Å²) in [7, 11) is 3.12. The second kappa shape index (κ2) is 7.31. The maximum Gasteiger partial charge on any atom is 0.217 e. The molecule has 0 saturated carbocycles. The summed E-state index contributed by atoms with van der Waals surface area (Å²) in [6, 6.07) is 12.1. The standard InChI is InChI=1S/C20H19NO5/c1-24-13-5-3-12(4-6-13)20(23)19-15-11-14(25-2)7-8-16(15)26-17(19)9-10-18(21)22/h3-8,11H,9-10H2,1-2H3,(H2,21,22). The molecule has 1 amide bonds. The molecule has 0 aliphatic carbocycles. The van der Waals surface area contributed by atoms with Crippen LogP contribution < -0.4 is 15.2 Å². The van der Waals surface area contributed by atoms with Gasteiger partial charge in [0.15, 0.2) is 5.78 Å². The highest BCUT2D eigenvalue weighted by Gasteiger charge is 2.23. The second-order valence-electron chi connectivity index (χ2n) is 5.79. The molecule has 6 heteroatoms. The molecular formula is C20H19NO5. The van der Waals surface area contributed by atoms with Gasteiger partial charge in [0.25, 0.3) is 0 Å². The number of carbonyl (C=O) groups is 2. The average molecular weight is 353 g/mol. The van der Waals surface area contributed by atoms with Crippen LogP contribution in [0.15, 0.2) is 46.9 Å². The fraction of sp³-hybridized carbons (Fsp3) is 0.200. The minimum atomic E-state index is -0.453. The zero-order valence-electron chi connectivity index (χ0n) is 14.6.